The average molecular weight is 868 g/mol. The van der Waals surface area contributed by atoms with Crippen LogP contribution in [0.5, 0.6) is 0 Å². The molecule has 6 heteroatoms. The van der Waals surface area contributed by atoms with Crippen molar-refractivity contribution in [2.75, 3.05) is 0 Å². The standard InChI is InChI=1S/C18H19BO2Se.C18H12Se.C6H5I/c1-17(2)18(3,4)21-19(20-17)14-10-7-9-13-12-8-5-6-11-15(12)22-16(13)14;1-2-7-13(8-3-1)14-10-6-11-16-15-9-4-5-12-17(15)19-18(14)16;7-6-4-2-1-3-5-6/h5-11H,1-4H3;1-12H;1-5H. The molecule has 0 spiro atoms. The van der Waals surface area contributed by atoms with E-state index in [1.165, 1.54) is 58.7 Å². The normalized spacial score (nSPS) is 14.9. The third-order valence-electron chi connectivity index (χ3n) is 9.16. The molecule has 0 bridgehead atoms. The first-order valence-corrected chi connectivity index (χ1v) is 20.6. The minimum atomic E-state index is -0.293. The topological polar surface area (TPSA) is 18.5 Å². The van der Waals surface area contributed by atoms with E-state index in [4.69, 9.17) is 9.31 Å². The number of fused-ring (bicyclic) bond motifs is 6. The molecular weight excluding hydrogens is 832 g/mol. The van der Waals surface area contributed by atoms with Gasteiger partial charge in [0.05, 0.1) is 0 Å². The predicted octanol–water partition coefficient (Wildman–Crippen LogP) is 10.4. The molecule has 48 heavy (non-hydrogen) atoms. The first kappa shape index (κ1) is 33.6. The summed E-state index contributed by atoms with van der Waals surface area (Å²) in [6, 6.07) is 51.6. The van der Waals surface area contributed by atoms with Crippen LogP contribution >= 0.6 is 22.6 Å². The molecule has 1 saturated heterocycles. The van der Waals surface area contributed by atoms with Crippen LogP contribution in [0.3, 0.4) is 0 Å². The van der Waals surface area contributed by atoms with Crippen LogP contribution in [0.2, 0.25) is 0 Å². The van der Waals surface area contributed by atoms with Crippen molar-refractivity contribution in [1.82, 2.24) is 0 Å². The molecule has 238 valence electrons. The zero-order valence-corrected chi connectivity index (χ0v) is 33.0. The van der Waals surface area contributed by atoms with Gasteiger partial charge in [0, 0.05) is 3.57 Å². The second-order valence-electron chi connectivity index (χ2n) is 12.9. The molecule has 0 atom stereocenters. The second-order valence-corrected chi connectivity index (χ2v) is 18.5. The van der Waals surface area contributed by atoms with Crippen LogP contribution in [0.4, 0.5) is 0 Å². The number of hydrogen-bond acceptors (Lipinski definition) is 2. The van der Waals surface area contributed by atoms with Gasteiger partial charge in [-0.1, -0.05) is 18.2 Å². The van der Waals surface area contributed by atoms with Gasteiger partial charge in [-0.15, -0.1) is 0 Å². The molecule has 0 amide bonds. The van der Waals surface area contributed by atoms with Gasteiger partial charge in [0.25, 0.3) is 0 Å². The van der Waals surface area contributed by atoms with Crippen LogP contribution in [-0.4, -0.2) is 47.3 Å². The van der Waals surface area contributed by atoms with E-state index in [1.54, 1.807) is 0 Å². The summed E-state index contributed by atoms with van der Waals surface area (Å²) in [5.74, 6) is 0. The summed E-state index contributed by atoms with van der Waals surface area (Å²) in [7, 11) is -0.267. The van der Waals surface area contributed by atoms with Crippen molar-refractivity contribution in [2.45, 2.75) is 38.9 Å². The van der Waals surface area contributed by atoms with E-state index < -0.39 is 0 Å². The third kappa shape index (κ3) is 6.78. The maximum atomic E-state index is 6.26. The minimum absolute atomic E-state index is 0.267. The summed E-state index contributed by atoms with van der Waals surface area (Å²) >= 11 is 3.03. The Morgan fingerprint density at radius 2 is 0.938 bits per heavy atom. The van der Waals surface area contributed by atoms with Gasteiger partial charge >= 0.3 is 255 Å². The van der Waals surface area contributed by atoms with E-state index in [9.17, 15) is 0 Å². The molecule has 9 rings (SSSR count). The molecule has 1 aliphatic rings. The van der Waals surface area contributed by atoms with Crippen LogP contribution in [0.15, 0.2) is 146 Å². The molecule has 1 aliphatic heterocycles. The van der Waals surface area contributed by atoms with Gasteiger partial charge in [0.1, 0.15) is 0 Å². The zero-order valence-electron chi connectivity index (χ0n) is 27.4. The number of halogens is 1. The Bertz CT molecular complexity index is 2310. The molecule has 2 aromatic heterocycles. The van der Waals surface area contributed by atoms with Gasteiger partial charge in [-0.05, 0) is 34.7 Å². The van der Waals surface area contributed by atoms with E-state index in [0.717, 1.165) is 0 Å². The third-order valence-corrected chi connectivity index (χ3v) is 15.0. The molecule has 0 radical (unpaired) electrons. The molecule has 3 heterocycles. The molecular formula is C42H36BIO2Se2. The fraction of sp³-hybridized carbons (Fsp3) is 0.143. The fourth-order valence-electron chi connectivity index (χ4n) is 5.93. The molecule has 2 nitrogen and oxygen atoms in total. The van der Waals surface area contributed by atoms with Crippen molar-refractivity contribution in [2.24, 2.45) is 0 Å². The Kier molecular flexibility index (Phi) is 9.88. The van der Waals surface area contributed by atoms with E-state index in [1.807, 2.05) is 18.2 Å². The molecule has 0 saturated carbocycles. The Morgan fingerprint density at radius 1 is 0.479 bits per heavy atom. The van der Waals surface area contributed by atoms with Crippen LogP contribution in [0.1, 0.15) is 27.7 Å². The second kappa shape index (κ2) is 14.1. The summed E-state index contributed by atoms with van der Waals surface area (Å²) in [6.07, 6.45) is 0. The van der Waals surface area contributed by atoms with Crippen molar-refractivity contribution >= 4 is 103 Å². The van der Waals surface area contributed by atoms with Crippen molar-refractivity contribution in [3.05, 3.63) is 149 Å². The summed E-state index contributed by atoms with van der Waals surface area (Å²) in [5.41, 5.74) is 3.34. The van der Waals surface area contributed by atoms with Gasteiger partial charge in [-0.25, -0.2) is 0 Å². The van der Waals surface area contributed by atoms with Crippen LogP contribution in [0, 0.1) is 3.57 Å². The molecule has 0 N–H and O–H groups in total. The first-order chi connectivity index (χ1) is 23.2. The number of hydrogen-bond donors (Lipinski definition) is 0. The molecule has 0 aliphatic carbocycles. The Morgan fingerprint density at radius 3 is 1.50 bits per heavy atom. The summed E-state index contributed by atoms with van der Waals surface area (Å²) in [6.45, 7) is 8.43. The van der Waals surface area contributed by atoms with Gasteiger partial charge in [-0.3, -0.25) is 0 Å². The van der Waals surface area contributed by atoms with Crippen molar-refractivity contribution < 1.29 is 9.31 Å². The van der Waals surface area contributed by atoms with Crippen molar-refractivity contribution in [1.29, 1.82) is 0 Å². The van der Waals surface area contributed by atoms with Gasteiger partial charge in [0.2, 0.25) is 0 Å². The van der Waals surface area contributed by atoms with E-state index >= 15 is 0 Å². The van der Waals surface area contributed by atoms with E-state index in [0.29, 0.717) is 29.0 Å². The molecule has 0 unspecified atom stereocenters. The average Bonchev–Trinajstić information content (AvgIpc) is 3.74. The molecule has 8 aromatic rings. The molecule has 6 aromatic carbocycles. The SMILES string of the molecule is CC1(C)OB(c2cccc3c2[se]c2ccccc23)OC1(C)C.Ic1ccccc1.c1ccc(-c2cccc3c2[se]c2ccccc23)cc1. The quantitative estimate of drug-likeness (QED) is 0.127. The zero-order chi connectivity index (χ0) is 33.3. The molecule has 1 fully saturated rings. The van der Waals surface area contributed by atoms with Gasteiger partial charge in [0.15, 0.2) is 0 Å². The van der Waals surface area contributed by atoms with Gasteiger partial charge < -0.3 is 0 Å². The van der Waals surface area contributed by atoms with Crippen molar-refractivity contribution in [3.63, 3.8) is 0 Å². The predicted molar refractivity (Wildman–Crippen MR) is 217 cm³/mol. The van der Waals surface area contributed by atoms with Crippen molar-refractivity contribution in [3.8, 4) is 11.1 Å². The van der Waals surface area contributed by atoms with Crippen LogP contribution in [0.25, 0.3) is 49.7 Å². The van der Waals surface area contributed by atoms with Crippen LogP contribution in [-0.2, 0) is 9.31 Å². The maximum absolute atomic E-state index is 6.26. The first-order valence-electron chi connectivity index (χ1n) is 16.1. The monoisotopic (exact) mass is 870 g/mol. The van der Waals surface area contributed by atoms with Crippen LogP contribution < -0.4 is 5.46 Å². The number of benzene rings is 6. The number of rotatable bonds is 2. The fourth-order valence-corrected chi connectivity index (χ4v) is 11.5. The van der Waals surface area contributed by atoms with E-state index in [2.05, 4.69) is 178 Å². The summed E-state index contributed by atoms with van der Waals surface area (Å²) < 4.78 is 19.7. The van der Waals surface area contributed by atoms with E-state index in [-0.39, 0.29) is 18.3 Å². The Hall–Kier alpha value is -2.93. The van der Waals surface area contributed by atoms with Gasteiger partial charge in [-0.2, -0.15) is 0 Å². The summed E-state index contributed by atoms with van der Waals surface area (Å²) in [4.78, 5) is 0. The summed E-state index contributed by atoms with van der Waals surface area (Å²) in [5, 5.41) is 5.57. The Balaban J connectivity index is 0.000000128. The Labute approximate surface area is 308 Å².